The second kappa shape index (κ2) is 5.68. The molecule has 2 heterocycles. The third kappa shape index (κ3) is 2.43. The summed E-state index contributed by atoms with van der Waals surface area (Å²) in [4.78, 5) is 11.9. The smallest absolute Gasteiger partial charge is 0.336 e. The van der Waals surface area contributed by atoms with E-state index < -0.39 is 0 Å². The lowest BCUT2D eigenvalue weighted by atomic mass is 10.0. The van der Waals surface area contributed by atoms with Crippen LogP contribution in [0, 0.1) is 6.92 Å². The van der Waals surface area contributed by atoms with Crippen LogP contribution in [0.15, 0.2) is 56.8 Å². The first-order valence-electron chi connectivity index (χ1n) is 7.38. The van der Waals surface area contributed by atoms with Crippen molar-refractivity contribution in [3.8, 4) is 0 Å². The number of hydrogen-bond donors (Lipinski definition) is 1. The minimum Gasteiger partial charge on any atom is -0.423 e. The van der Waals surface area contributed by atoms with Gasteiger partial charge in [0.2, 0.25) is 5.16 Å². The van der Waals surface area contributed by atoms with Gasteiger partial charge in [0.05, 0.1) is 0 Å². The molecule has 24 heavy (non-hydrogen) atoms. The van der Waals surface area contributed by atoms with Crippen molar-refractivity contribution in [2.24, 2.45) is 0 Å². The third-order valence-electron chi connectivity index (χ3n) is 3.91. The molecule has 0 aliphatic rings. The maximum Gasteiger partial charge on any atom is 0.336 e. The summed E-state index contributed by atoms with van der Waals surface area (Å²) in [7, 11) is 0. The summed E-state index contributed by atoms with van der Waals surface area (Å²) in [6.45, 7) is 1.79. The molecule has 0 bridgehead atoms. The maximum absolute atomic E-state index is 11.9. The number of thioether (sulfide) groups is 1. The largest absolute Gasteiger partial charge is 0.423 e. The van der Waals surface area contributed by atoms with Gasteiger partial charge in [-0.2, -0.15) is 0 Å². The molecule has 0 spiro atoms. The number of nitrogen functional groups attached to an aromatic ring is 1. The zero-order chi connectivity index (χ0) is 16.7. The molecule has 4 aromatic rings. The molecular weight excluding hydrogens is 324 g/mol. The van der Waals surface area contributed by atoms with E-state index in [2.05, 4.69) is 10.2 Å². The van der Waals surface area contributed by atoms with Crippen LogP contribution in [0.25, 0.3) is 21.7 Å². The Kier molecular flexibility index (Phi) is 3.50. The van der Waals surface area contributed by atoms with E-state index in [0.717, 1.165) is 21.7 Å². The van der Waals surface area contributed by atoms with Gasteiger partial charge in [-0.15, -0.1) is 10.2 Å². The average molecular weight is 338 g/mol. The van der Waals surface area contributed by atoms with Gasteiger partial charge in [0.15, 0.2) is 0 Å². The Labute approximate surface area is 141 Å². The van der Waals surface area contributed by atoms with Crippen LogP contribution in [0.4, 0.5) is 0 Å². The van der Waals surface area contributed by atoms with Gasteiger partial charge in [-0.25, -0.2) is 9.47 Å². The highest BCUT2D eigenvalue weighted by Gasteiger charge is 2.12. The summed E-state index contributed by atoms with van der Waals surface area (Å²) >= 11 is 1.44. The van der Waals surface area contributed by atoms with E-state index in [-0.39, 0.29) is 5.63 Å². The minimum absolute atomic E-state index is 0.362. The lowest BCUT2D eigenvalue weighted by molar-refractivity contribution is 0.560. The molecule has 0 radical (unpaired) electrons. The molecule has 0 saturated carbocycles. The Hall–Kier alpha value is -2.80. The molecule has 120 valence electrons. The fourth-order valence-corrected chi connectivity index (χ4v) is 3.61. The van der Waals surface area contributed by atoms with Crippen LogP contribution in [0.2, 0.25) is 0 Å². The van der Waals surface area contributed by atoms with Crippen molar-refractivity contribution in [3.63, 3.8) is 0 Å². The lowest BCUT2D eigenvalue weighted by Crippen LogP contribution is -2.11. The highest BCUT2D eigenvalue weighted by atomic mass is 32.2. The highest BCUT2D eigenvalue weighted by molar-refractivity contribution is 7.98. The van der Waals surface area contributed by atoms with Gasteiger partial charge in [0, 0.05) is 17.2 Å². The molecular formula is C17H14N4O2S. The van der Waals surface area contributed by atoms with Crippen molar-refractivity contribution in [1.29, 1.82) is 0 Å². The molecule has 6 nitrogen and oxygen atoms in total. The van der Waals surface area contributed by atoms with Crippen molar-refractivity contribution in [2.75, 3.05) is 5.84 Å². The SMILES string of the molecule is Cc1nnc(SCc2cc(=O)oc3ccc4ccccc4c23)n1N. The zero-order valence-corrected chi connectivity index (χ0v) is 13.7. The summed E-state index contributed by atoms with van der Waals surface area (Å²) < 4.78 is 6.81. The molecule has 2 N–H and O–H groups in total. The van der Waals surface area contributed by atoms with E-state index in [1.807, 2.05) is 36.4 Å². The number of hydrogen-bond acceptors (Lipinski definition) is 6. The van der Waals surface area contributed by atoms with Crippen LogP contribution in [0.3, 0.4) is 0 Å². The van der Waals surface area contributed by atoms with Gasteiger partial charge >= 0.3 is 5.63 Å². The number of nitrogens with zero attached hydrogens (tertiary/aromatic N) is 3. The van der Waals surface area contributed by atoms with Crippen LogP contribution < -0.4 is 11.5 Å². The highest BCUT2D eigenvalue weighted by Crippen LogP contribution is 2.30. The molecule has 0 aliphatic carbocycles. The van der Waals surface area contributed by atoms with E-state index in [4.69, 9.17) is 10.3 Å². The van der Waals surface area contributed by atoms with E-state index in [0.29, 0.717) is 22.3 Å². The van der Waals surface area contributed by atoms with Crippen LogP contribution in [0.1, 0.15) is 11.4 Å². The molecule has 0 fully saturated rings. The second-order valence-electron chi connectivity index (χ2n) is 5.44. The van der Waals surface area contributed by atoms with Crippen molar-refractivity contribution in [2.45, 2.75) is 17.8 Å². The quantitative estimate of drug-likeness (QED) is 0.267. The molecule has 4 rings (SSSR count). The average Bonchev–Trinajstić information content (AvgIpc) is 2.91. The first-order chi connectivity index (χ1) is 11.6. The predicted molar refractivity (Wildman–Crippen MR) is 94.5 cm³/mol. The van der Waals surface area contributed by atoms with Gasteiger partial charge in [0.1, 0.15) is 11.4 Å². The van der Waals surface area contributed by atoms with Crippen molar-refractivity contribution < 1.29 is 4.42 Å². The first kappa shape index (κ1) is 14.8. The van der Waals surface area contributed by atoms with Gasteiger partial charge < -0.3 is 10.3 Å². The number of rotatable bonds is 3. The topological polar surface area (TPSA) is 86.9 Å². The van der Waals surface area contributed by atoms with Crippen LogP contribution in [-0.2, 0) is 5.75 Å². The van der Waals surface area contributed by atoms with Crippen LogP contribution in [-0.4, -0.2) is 14.9 Å². The molecule has 0 aliphatic heterocycles. The number of benzene rings is 2. The third-order valence-corrected chi connectivity index (χ3v) is 4.90. The van der Waals surface area contributed by atoms with Crippen LogP contribution in [0.5, 0.6) is 0 Å². The summed E-state index contributed by atoms with van der Waals surface area (Å²) in [6.07, 6.45) is 0. The van der Waals surface area contributed by atoms with Crippen molar-refractivity contribution >= 4 is 33.5 Å². The summed E-state index contributed by atoms with van der Waals surface area (Å²) in [5, 5.41) is 11.7. The summed E-state index contributed by atoms with van der Waals surface area (Å²) in [5.74, 6) is 7.08. The predicted octanol–water partition coefficient (Wildman–Crippen LogP) is 2.85. The van der Waals surface area contributed by atoms with Gasteiger partial charge in [-0.1, -0.05) is 42.1 Å². The Morgan fingerprint density at radius 3 is 2.83 bits per heavy atom. The zero-order valence-electron chi connectivity index (χ0n) is 12.9. The molecule has 0 atom stereocenters. The molecule has 0 saturated heterocycles. The van der Waals surface area contributed by atoms with Crippen molar-refractivity contribution in [1.82, 2.24) is 14.9 Å². The van der Waals surface area contributed by atoms with Crippen LogP contribution >= 0.6 is 11.8 Å². The fourth-order valence-electron chi connectivity index (χ4n) is 2.72. The summed E-state index contributed by atoms with van der Waals surface area (Å²) in [6, 6.07) is 13.4. The molecule has 7 heteroatoms. The van der Waals surface area contributed by atoms with E-state index in [1.54, 1.807) is 6.92 Å². The van der Waals surface area contributed by atoms with E-state index >= 15 is 0 Å². The first-order valence-corrected chi connectivity index (χ1v) is 8.36. The lowest BCUT2D eigenvalue weighted by Gasteiger charge is -2.08. The number of nitrogens with two attached hydrogens (primary N) is 1. The van der Waals surface area contributed by atoms with E-state index in [1.165, 1.54) is 22.5 Å². The number of aryl methyl sites for hydroxylation is 1. The Morgan fingerprint density at radius 2 is 2.04 bits per heavy atom. The molecule has 2 aromatic heterocycles. The Morgan fingerprint density at radius 1 is 1.21 bits per heavy atom. The van der Waals surface area contributed by atoms with Crippen molar-refractivity contribution in [3.05, 3.63) is 64.3 Å². The van der Waals surface area contributed by atoms with Gasteiger partial charge in [-0.3, -0.25) is 0 Å². The number of fused-ring (bicyclic) bond motifs is 3. The van der Waals surface area contributed by atoms with E-state index in [9.17, 15) is 4.79 Å². The minimum atomic E-state index is -0.362. The molecule has 0 amide bonds. The van der Waals surface area contributed by atoms with Gasteiger partial charge in [0.25, 0.3) is 0 Å². The maximum atomic E-state index is 11.9. The van der Waals surface area contributed by atoms with Gasteiger partial charge in [-0.05, 0) is 29.3 Å². The second-order valence-corrected chi connectivity index (χ2v) is 6.38. The monoisotopic (exact) mass is 338 g/mol. The standard InChI is InChI=1S/C17H14N4O2S/c1-10-19-20-17(21(10)18)24-9-12-8-15(22)23-14-7-6-11-4-2-3-5-13(11)16(12)14/h2-8H,9,18H2,1H3. The Balaban J connectivity index is 1.85. The normalized spacial score (nSPS) is 11.4. The number of aromatic nitrogens is 3. The molecule has 0 unspecified atom stereocenters. The summed E-state index contributed by atoms with van der Waals surface area (Å²) in [5.41, 5.74) is 1.12. The Bertz CT molecular complexity index is 1120. The molecule has 2 aromatic carbocycles. The fraction of sp³-hybridized carbons (Fsp3) is 0.118.